The number of hydrogen-bond acceptors (Lipinski definition) is 3. The number of nitrogens with one attached hydrogen (secondary N) is 2. The molecule has 2 rings (SSSR count). The van der Waals surface area contributed by atoms with E-state index in [4.69, 9.17) is 21.7 Å². The van der Waals surface area contributed by atoms with Crippen LogP contribution in [0.2, 0.25) is 0 Å². The first-order chi connectivity index (χ1) is 10.6. The van der Waals surface area contributed by atoms with Crippen molar-refractivity contribution in [1.82, 2.24) is 5.32 Å². The van der Waals surface area contributed by atoms with Crippen LogP contribution in [0.25, 0.3) is 0 Å². The van der Waals surface area contributed by atoms with Gasteiger partial charge in [0.2, 0.25) is 0 Å². The SMILES string of the molecule is COc1cc(NC(=S)NC(C)c2ccccc2)cc(OC)c1. The van der Waals surface area contributed by atoms with Gasteiger partial charge in [-0.25, -0.2) is 0 Å². The Morgan fingerprint density at radius 2 is 1.59 bits per heavy atom. The zero-order valence-electron chi connectivity index (χ0n) is 12.9. The Hall–Kier alpha value is -2.27. The number of methoxy groups -OCH3 is 2. The third-order valence-electron chi connectivity index (χ3n) is 3.26. The van der Waals surface area contributed by atoms with Crippen molar-refractivity contribution >= 4 is 23.0 Å². The summed E-state index contributed by atoms with van der Waals surface area (Å²) in [7, 11) is 3.24. The molecule has 0 bridgehead atoms. The summed E-state index contributed by atoms with van der Waals surface area (Å²) >= 11 is 5.37. The number of thiocarbonyl (C=S) groups is 1. The Bertz CT molecular complexity index is 610. The Balaban J connectivity index is 2.03. The van der Waals surface area contributed by atoms with Crippen molar-refractivity contribution in [3.63, 3.8) is 0 Å². The zero-order chi connectivity index (χ0) is 15.9. The quantitative estimate of drug-likeness (QED) is 0.822. The lowest BCUT2D eigenvalue weighted by Crippen LogP contribution is -2.30. The lowest BCUT2D eigenvalue weighted by Gasteiger charge is -2.18. The third-order valence-corrected chi connectivity index (χ3v) is 3.48. The number of ether oxygens (including phenoxy) is 2. The molecule has 1 unspecified atom stereocenters. The molecule has 0 radical (unpaired) electrons. The molecular weight excluding hydrogens is 296 g/mol. The predicted molar refractivity (Wildman–Crippen MR) is 93.8 cm³/mol. The lowest BCUT2D eigenvalue weighted by atomic mass is 10.1. The Morgan fingerprint density at radius 3 is 2.14 bits per heavy atom. The van der Waals surface area contributed by atoms with E-state index in [0.29, 0.717) is 16.6 Å². The molecule has 5 heteroatoms. The summed E-state index contributed by atoms with van der Waals surface area (Å²) in [6.07, 6.45) is 0. The van der Waals surface area contributed by atoms with Gasteiger partial charge in [-0.1, -0.05) is 30.3 Å². The van der Waals surface area contributed by atoms with E-state index in [0.717, 1.165) is 5.69 Å². The van der Waals surface area contributed by atoms with E-state index in [1.807, 2.05) is 36.4 Å². The van der Waals surface area contributed by atoms with E-state index in [9.17, 15) is 0 Å². The number of benzene rings is 2. The largest absolute Gasteiger partial charge is 0.497 e. The summed E-state index contributed by atoms with van der Waals surface area (Å²) in [5, 5.41) is 6.96. The molecule has 1 atom stereocenters. The first kappa shape index (κ1) is 16.1. The molecule has 2 aromatic rings. The second kappa shape index (κ2) is 7.66. The molecule has 4 nitrogen and oxygen atoms in total. The summed E-state index contributed by atoms with van der Waals surface area (Å²) in [5.41, 5.74) is 1.99. The molecule has 0 aliphatic carbocycles. The molecule has 0 aliphatic rings. The van der Waals surface area contributed by atoms with Crippen molar-refractivity contribution in [3.8, 4) is 11.5 Å². The summed E-state index contributed by atoms with van der Waals surface area (Å²) in [5.74, 6) is 1.42. The summed E-state index contributed by atoms with van der Waals surface area (Å²) in [6, 6.07) is 15.8. The molecule has 0 fully saturated rings. The van der Waals surface area contributed by atoms with Gasteiger partial charge in [-0.3, -0.25) is 0 Å². The molecule has 2 N–H and O–H groups in total. The van der Waals surface area contributed by atoms with Crippen LogP contribution in [0, 0.1) is 0 Å². The maximum atomic E-state index is 5.37. The normalized spacial score (nSPS) is 11.4. The van der Waals surface area contributed by atoms with Crippen molar-refractivity contribution < 1.29 is 9.47 Å². The van der Waals surface area contributed by atoms with Gasteiger partial charge >= 0.3 is 0 Å². The van der Waals surface area contributed by atoms with Crippen LogP contribution in [0.1, 0.15) is 18.5 Å². The van der Waals surface area contributed by atoms with Gasteiger partial charge < -0.3 is 20.1 Å². The fourth-order valence-corrected chi connectivity index (χ4v) is 2.36. The van der Waals surface area contributed by atoms with E-state index in [-0.39, 0.29) is 6.04 Å². The highest BCUT2D eigenvalue weighted by molar-refractivity contribution is 7.80. The highest BCUT2D eigenvalue weighted by atomic mass is 32.1. The van der Waals surface area contributed by atoms with Gasteiger partial charge in [-0.2, -0.15) is 0 Å². The van der Waals surface area contributed by atoms with Crippen LogP contribution in [0.3, 0.4) is 0 Å². The van der Waals surface area contributed by atoms with Gasteiger partial charge in [0, 0.05) is 23.9 Å². The van der Waals surface area contributed by atoms with Gasteiger partial charge in [0.15, 0.2) is 5.11 Å². The predicted octanol–water partition coefficient (Wildman–Crippen LogP) is 3.75. The molecule has 22 heavy (non-hydrogen) atoms. The van der Waals surface area contributed by atoms with Gasteiger partial charge in [0.05, 0.1) is 20.3 Å². The maximum Gasteiger partial charge on any atom is 0.171 e. The Kier molecular flexibility index (Phi) is 5.61. The van der Waals surface area contributed by atoms with E-state index in [1.165, 1.54) is 5.56 Å². The number of rotatable bonds is 5. The molecule has 0 amide bonds. The second-order valence-corrected chi connectivity index (χ2v) is 5.24. The Labute approximate surface area is 136 Å². The third kappa shape index (κ3) is 4.36. The minimum atomic E-state index is 0.119. The topological polar surface area (TPSA) is 42.5 Å². The monoisotopic (exact) mass is 316 g/mol. The maximum absolute atomic E-state index is 5.37. The van der Waals surface area contributed by atoms with E-state index in [1.54, 1.807) is 14.2 Å². The second-order valence-electron chi connectivity index (χ2n) is 4.83. The number of anilines is 1. The molecule has 0 saturated carbocycles. The minimum absolute atomic E-state index is 0.119. The smallest absolute Gasteiger partial charge is 0.171 e. The first-order valence-corrected chi connectivity index (χ1v) is 7.38. The number of hydrogen-bond donors (Lipinski definition) is 2. The molecule has 0 saturated heterocycles. The van der Waals surface area contributed by atoms with Crippen LogP contribution in [-0.4, -0.2) is 19.3 Å². The van der Waals surface area contributed by atoms with Crippen molar-refractivity contribution in [2.75, 3.05) is 19.5 Å². The Morgan fingerprint density at radius 1 is 1.00 bits per heavy atom. The molecular formula is C17H20N2O2S. The van der Waals surface area contributed by atoms with Crippen LogP contribution in [0.5, 0.6) is 11.5 Å². The minimum Gasteiger partial charge on any atom is -0.497 e. The van der Waals surface area contributed by atoms with Crippen LogP contribution in [0.4, 0.5) is 5.69 Å². The molecule has 0 aliphatic heterocycles. The van der Waals surface area contributed by atoms with Crippen LogP contribution >= 0.6 is 12.2 Å². The highest BCUT2D eigenvalue weighted by Crippen LogP contribution is 2.25. The molecule has 116 valence electrons. The molecule has 2 aromatic carbocycles. The summed E-state index contributed by atoms with van der Waals surface area (Å²) in [6.45, 7) is 2.06. The van der Waals surface area contributed by atoms with Crippen LogP contribution in [-0.2, 0) is 0 Å². The van der Waals surface area contributed by atoms with Crippen molar-refractivity contribution in [2.45, 2.75) is 13.0 Å². The standard InChI is InChI=1S/C17H20N2O2S/c1-12(13-7-5-4-6-8-13)18-17(22)19-14-9-15(20-2)11-16(10-14)21-3/h4-12H,1-3H3,(H2,18,19,22). The average molecular weight is 316 g/mol. The van der Waals surface area contributed by atoms with E-state index in [2.05, 4.69) is 29.7 Å². The highest BCUT2D eigenvalue weighted by Gasteiger charge is 2.08. The average Bonchev–Trinajstić information content (AvgIpc) is 2.55. The van der Waals surface area contributed by atoms with Gasteiger partial charge in [-0.05, 0) is 24.7 Å². The lowest BCUT2D eigenvalue weighted by molar-refractivity contribution is 0.395. The summed E-state index contributed by atoms with van der Waals surface area (Å²) in [4.78, 5) is 0. The van der Waals surface area contributed by atoms with Gasteiger partial charge in [0.25, 0.3) is 0 Å². The fraction of sp³-hybridized carbons (Fsp3) is 0.235. The van der Waals surface area contributed by atoms with E-state index < -0.39 is 0 Å². The fourth-order valence-electron chi connectivity index (χ4n) is 2.07. The molecule has 0 spiro atoms. The van der Waals surface area contributed by atoms with Crippen LogP contribution in [0.15, 0.2) is 48.5 Å². The van der Waals surface area contributed by atoms with Gasteiger partial charge in [-0.15, -0.1) is 0 Å². The van der Waals surface area contributed by atoms with Crippen molar-refractivity contribution in [2.24, 2.45) is 0 Å². The van der Waals surface area contributed by atoms with Gasteiger partial charge in [0.1, 0.15) is 11.5 Å². The zero-order valence-corrected chi connectivity index (χ0v) is 13.7. The van der Waals surface area contributed by atoms with E-state index >= 15 is 0 Å². The van der Waals surface area contributed by atoms with Crippen molar-refractivity contribution in [3.05, 3.63) is 54.1 Å². The van der Waals surface area contributed by atoms with Crippen LogP contribution < -0.4 is 20.1 Å². The first-order valence-electron chi connectivity index (χ1n) is 6.98. The molecule has 0 heterocycles. The summed E-state index contributed by atoms with van der Waals surface area (Å²) < 4.78 is 10.5. The molecule has 0 aromatic heterocycles. The van der Waals surface area contributed by atoms with Crippen molar-refractivity contribution in [1.29, 1.82) is 0 Å².